The highest BCUT2D eigenvalue weighted by molar-refractivity contribution is 7.80. The summed E-state index contributed by atoms with van der Waals surface area (Å²) in [4.78, 5) is 17.4. The standard InChI is InChI=1S/C20H27N3O3S/c1-14-5-6-15-11-16(19(25)22-18(15)10-14)13-23(7-3-8-24)20(27)21-12-17-4-2-9-26-17/h5-6,10-11,17,24H,2-4,7-9,12-13H2,1H3,(H,21,27)(H,22,25)/t17-/m0/s1. The number of aromatic amines is 1. The Morgan fingerprint density at radius 2 is 2.30 bits per heavy atom. The smallest absolute Gasteiger partial charge is 0.253 e. The number of hydrogen-bond acceptors (Lipinski definition) is 4. The molecule has 0 amide bonds. The van der Waals surface area contributed by atoms with E-state index in [0.717, 1.165) is 35.9 Å². The van der Waals surface area contributed by atoms with Crippen LogP contribution in [-0.2, 0) is 11.3 Å². The minimum Gasteiger partial charge on any atom is -0.396 e. The van der Waals surface area contributed by atoms with E-state index in [0.29, 0.717) is 36.7 Å². The third-order valence-electron chi connectivity index (χ3n) is 4.82. The molecule has 0 radical (unpaired) electrons. The Bertz CT molecular complexity index is 846. The number of nitrogens with one attached hydrogen (secondary N) is 2. The molecule has 7 heteroatoms. The Balaban J connectivity index is 1.73. The molecule has 2 aromatic rings. The van der Waals surface area contributed by atoms with Gasteiger partial charge in [0.05, 0.1) is 12.6 Å². The van der Waals surface area contributed by atoms with Crippen molar-refractivity contribution in [2.24, 2.45) is 0 Å². The summed E-state index contributed by atoms with van der Waals surface area (Å²) in [6.45, 7) is 4.54. The normalized spacial score (nSPS) is 16.6. The number of nitrogens with zero attached hydrogens (tertiary/aromatic N) is 1. The first-order chi connectivity index (χ1) is 13.1. The number of ether oxygens (including phenoxy) is 1. The van der Waals surface area contributed by atoms with E-state index in [4.69, 9.17) is 17.0 Å². The van der Waals surface area contributed by atoms with E-state index in [9.17, 15) is 9.90 Å². The van der Waals surface area contributed by atoms with Crippen LogP contribution in [0.15, 0.2) is 29.1 Å². The van der Waals surface area contributed by atoms with Crippen molar-refractivity contribution in [1.82, 2.24) is 15.2 Å². The molecule has 1 aromatic carbocycles. The number of hydrogen-bond donors (Lipinski definition) is 3. The number of pyridine rings is 1. The number of aliphatic hydroxyl groups is 1. The molecule has 27 heavy (non-hydrogen) atoms. The van der Waals surface area contributed by atoms with E-state index in [-0.39, 0.29) is 18.3 Å². The third kappa shape index (κ3) is 5.28. The van der Waals surface area contributed by atoms with Crippen molar-refractivity contribution < 1.29 is 9.84 Å². The zero-order valence-corrected chi connectivity index (χ0v) is 16.5. The number of aliphatic hydroxyl groups excluding tert-OH is 1. The van der Waals surface area contributed by atoms with E-state index < -0.39 is 0 Å². The van der Waals surface area contributed by atoms with Crippen molar-refractivity contribution in [2.75, 3.05) is 26.3 Å². The Morgan fingerprint density at radius 1 is 1.44 bits per heavy atom. The predicted octanol–water partition coefficient (Wildman–Crippen LogP) is 2.07. The van der Waals surface area contributed by atoms with Gasteiger partial charge in [0, 0.05) is 37.4 Å². The van der Waals surface area contributed by atoms with Crippen molar-refractivity contribution >= 4 is 28.2 Å². The third-order valence-corrected chi connectivity index (χ3v) is 5.22. The fourth-order valence-electron chi connectivity index (χ4n) is 3.32. The Labute approximate surface area is 164 Å². The fraction of sp³-hybridized carbons (Fsp3) is 0.500. The number of aromatic nitrogens is 1. The lowest BCUT2D eigenvalue weighted by Crippen LogP contribution is -2.43. The van der Waals surface area contributed by atoms with Gasteiger partial charge in [-0.1, -0.05) is 12.1 Å². The lowest BCUT2D eigenvalue weighted by Gasteiger charge is -2.26. The van der Waals surface area contributed by atoms with Crippen molar-refractivity contribution in [3.8, 4) is 0 Å². The molecule has 3 rings (SSSR count). The average molecular weight is 390 g/mol. The quantitative estimate of drug-likeness (QED) is 0.630. The van der Waals surface area contributed by atoms with Gasteiger partial charge in [-0.15, -0.1) is 0 Å². The van der Waals surface area contributed by atoms with Crippen molar-refractivity contribution in [3.05, 3.63) is 45.7 Å². The number of thiocarbonyl (C=S) groups is 1. The molecule has 0 saturated carbocycles. The van der Waals surface area contributed by atoms with E-state index in [2.05, 4.69) is 10.3 Å². The van der Waals surface area contributed by atoms with Crippen LogP contribution in [0.1, 0.15) is 30.4 Å². The van der Waals surface area contributed by atoms with Gasteiger partial charge in [-0.2, -0.15) is 0 Å². The van der Waals surface area contributed by atoms with Crippen LogP contribution >= 0.6 is 12.2 Å². The summed E-state index contributed by atoms with van der Waals surface area (Å²) in [5, 5.41) is 14.0. The second kappa shape index (κ2) is 9.30. The summed E-state index contributed by atoms with van der Waals surface area (Å²) < 4.78 is 5.62. The summed E-state index contributed by atoms with van der Waals surface area (Å²) in [5.41, 5.74) is 2.49. The van der Waals surface area contributed by atoms with Crippen LogP contribution in [0.5, 0.6) is 0 Å². The molecule has 0 bridgehead atoms. The number of rotatable bonds is 7. The highest BCUT2D eigenvalue weighted by Gasteiger charge is 2.18. The summed E-state index contributed by atoms with van der Waals surface area (Å²) in [7, 11) is 0. The van der Waals surface area contributed by atoms with Gasteiger partial charge in [0.25, 0.3) is 5.56 Å². The van der Waals surface area contributed by atoms with Gasteiger partial charge in [-0.25, -0.2) is 0 Å². The Kier molecular flexibility index (Phi) is 6.82. The maximum absolute atomic E-state index is 12.5. The van der Waals surface area contributed by atoms with Crippen LogP contribution in [0.2, 0.25) is 0 Å². The van der Waals surface area contributed by atoms with Gasteiger partial charge in [-0.05, 0) is 61.5 Å². The van der Waals surface area contributed by atoms with Crippen LogP contribution in [0.4, 0.5) is 0 Å². The summed E-state index contributed by atoms with van der Waals surface area (Å²) in [5.74, 6) is 0. The zero-order valence-electron chi connectivity index (χ0n) is 15.7. The molecular formula is C20H27N3O3S. The molecule has 1 fully saturated rings. The molecule has 1 atom stereocenters. The molecule has 6 nitrogen and oxygen atoms in total. The maximum atomic E-state index is 12.5. The lowest BCUT2D eigenvalue weighted by atomic mass is 10.1. The van der Waals surface area contributed by atoms with E-state index in [1.54, 1.807) is 0 Å². The second-order valence-electron chi connectivity index (χ2n) is 7.03. The van der Waals surface area contributed by atoms with Gasteiger partial charge >= 0.3 is 0 Å². The van der Waals surface area contributed by atoms with Crippen LogP contribution in [-0.4, -0.2) is 52.5 Å². The molecule has 0 unspecified atom stereocenters. The highest BCUT2D eigenvalue weighted by atomic mass is 32.1. The van der Waals surface area contributed by atoms with E-state index in [1.807, 2.05) is 36.1 Å². The Hall–Kier alpha value is -1.96. The van der Waals surface area contributed by atoms with E-state index >= 15 is 0 Å². The molecule has 2 heterocycles. The topological polar surface area (TPSA) is 77.6 Å². The van der Waals surface area contributed by atoms with Crippen LogP contribution in [0.25, 0.3) is 10.9 Å². The molecule has 1 saturated heterocycles. The summed E-state index contributed by atoms with van der Waals surface area (Å²) in [6, 6.07) is 7.93. The first-order valence-electron chi connectivity index (χ1n) is 9.44. The zero-order chi connectivity index (χ0) is 19.2. The molecule has 146 valence electrons. The van der Waals surface area contributed by atoms with Crippen LogP contribution in [0, 0.1) is 6.92 Å². The molecule has 1 aromatic heterocycles. The first-order valence-corrected chi connectivity index (χ1v) is 9.85. The Morgan fingerprint density at radius 3 is 3.04 bits per heavy atom. The van der Waals surface area contributed by atoms with Gasteiger partial charge in [0.1, 0.15) is 0 Å². The summed E-state index contributed by atoms with van der Waals surface area (Å²) in [6.07, 6.45) is 2.90. The second-order valence-corrected chi connectivity index (χ2v) is 7.42. The van der Waals surface area contributed by atoms with Crippen LogP contribution < -0.4 is 10.9 Å². The maximum Gasteiger partial charge on any atom is 0.253 e. The van der Waals surface area contributed by atoms with Crippen molar-refractivity contribution in [3.63, 3.8) is 0 Å². The minimum absolute atomic E-state index is 0.0816. The van der Waals surface area contributed by atoms with Gasteiger partial charge in [0.2, 0.25) is 0 Å². The number of H-pyrrole nitrogens is 1. The first kappa shape index (κ1) is 19.8. The van der Waals surface area contributed by atoms with Gasteiger partial charge in [0.15, 0.2) is 5.11 Å². The van der Waals surface area contributed by atoms with Crippen molar-refractivity contribution in [1.29, 1.82) is 0 Å². The lowest BCUT2D eigenvalue weighted by molar-refractivity contribution is 0.113. The molecule has 1 aliphatic heterocycles. The van der Waals surface area contributed by atoms with Gasteiger partial charge < -0.3 is 25.0 Å². The fourth-order valence-corrected chi connectivity index (χ4v) is 3.55. The SMILES string of the molecule is Cc1ccc2cc(CN(CCCO)C(=S)NC[C@@H]3CCCO3)c(=O)[nH]c2c1. The minimum atomic E-state index is -0.107. The highest BCUT2D eigenvalue weighted by Crippen LogP contribution is 2.15. The molecule has 0 aliphatic carbocycles. The number of fused-ring (bicyclic) bond motifs is 1. The van der Waals surface area contributed by atoms with Crippen molar-refractivity contribution in [2.45, 2.75) is 38.8 Å². The van der Waals surface area contributed by atoms with Crippen LogP contribution in [0.3, 0.4) is 0 Å². The molecule has 3 N–H and O–H groups in total. The molecule has 1 aliphatic rings. The predicted molar refractivity (Wildman–Crippen MR) is 111 cm³/mol. The largest absolute Gasteiger partial charge is 0.396 e. The number of aryl methyl sites for hydroxylation is 1. The summed E-state index contributed by atoms with van der Waals surface area (Å²) >= 11 is 5.54. The molecule has 0 spiro atoms. The van der Waals surface area contributed by atoms with E-state index in [1.165, 1.54) is 0 Å². The average Bonchev–Trinajstić information content (AvgIpc) is 3.17. The monoisotopic (exact) mass is 389 g/mol. The van der Waals surface area contributed by atoms with Gasteiger partial charge in [-0.3, -0.25) is 4.79 Å². The molecular weight excluding hydrogens is 362 g/mol. The number of benzene rings is 1.